The number of benzene rings is 1. The number of carbonyl (C=O) groups excluding carboxylic acids is 2. The normalized spacial score (nSPS) is 19.2. The number of carbonyl (C=O) groups is 2. The number of likely N-dealkylation sites (tertiary alicyclic amines) is 1. The molecule has 0 spiro atoms. The van der Waals surface area contributed by atoms with Crippen molar-refractivity contribution in [2.24, 2.45) is 0 Å². The lowest BCUT2D eigenvalue weighted by molar-refractivity contribution is -0.110. The SMILES string of the molecule is CNC(=O)c1cc2nc(-c3ccccn3)n(C3CC(NC=O)CN(C)C3)c2cc1OC. The van der Waals surface area contributed by atoms with Gasteiger partial charge >= 0.3 is 0 Å². The summed E-state index contributed by atoms with van der Waals surface area (Å²) in [5.41, 5.74) is 2.71. The lowest BCUT2D eigenvalue weighted by Crippen LogP contribution is -2.47. The Balaban J connectivity index is 1.92. The predicted molar refractivity (Wildman–Crippen MR) is 117 cm³/mol. The Kier molecular flexibility index (Phi) is 5.85. The quantitative estimate of drug-likeness (QED) is 0.583. The number of likely N-dealkylation sites (N-methyl/N-ethyl adjacent to an activating group) is 1. The van der Waals surface area contributed by atoms with Gasteiger partial charge in [-0.25, -0.2) is 4.98 Å². The first-order chi connectivity index (χ1) is 15.0. The van der Waals surface area contributed by atoms with Gasteiger partial charge in [0.25, 0.3) is 5.91 Å². The molecule has 1 aromatic carbocycles. The molecule has 0 radical (unpaired) electrons. The molecule has 0 aliphatic carbocycles. The zero-order chi connectivity index (χ0) is 22.0. The lowest BCUT2D eigenvalue weighted by atomic mass is 10.0. The summed E-state index contributed by atoms with van der Waals surface area (Å²) >= 11 is 0. The summed E-state index contributed by atoms with van der Waals surface area (Å²) in [7, 11) is 5.17. The summed E-state index contributed by atoms with van der Waals surface area (Å²) in [6.07, 6.45) is 3.25. The first-order valence-electron chi connectivity index (χ1n) is 10.2. The van der Waals surface area contributed by atoms with E-state index in [4.69, 9.17) is 9.72 Å². The summed E-state index contributed by atoms with van der Waals surface area (Å²) in [5, 5.41) is 5.57. The van der Waals surface area contributed by atoms with Gasteiger partial charge in [-0.3, -0.25) is 14.6 Å². The highest BCUT2D eigenvalue weighted by molar-refractivity contribution is 6.00. The van der Waals surface area contributed by atoms with E-state index >= 15 is 0 Å². The van der Waals surface area contributed by atoms with Crippen molar-refractivity contribution in [2.75, 3.05) is 34.3 Å². The Morgan fingerprint density at radius 3 is 2.81 bits per heavy atom. The molecule has 2 N–H and O–H groups in total. The maximum atomic E-state index is 12.4. The van der Waals surface area contributed by atoms with Gasteiger partial charge in [-0.2, -0.15) is 0 Å². The number of methoxy groups -OCH3 is 1. The van der Waals surface area contributed by atoms with Gasteiger partial charge in [-0.1, -0.05) is 6.07 Å². The largest absolute Gasteiger partial charge is 0.496 e. The molecule has 3 heterocycles. The number of fused-ring (bicyclic) bond motifs is 1. The van der Waals surface area contributed by atoms with Crippen LogP contribution in [-0.2, 0) is 4.79 Å². The van der Waals surface area contributed by atoms with Crippen molar-refractivity contribution in [1.82, 2.24) is 30.1 Å². The minimum absolute atomic E-state index is 0.0299. The minimum Gasteiger partial charge on any atom is -0.496 e. The summed E-state index contributed by atoms with van der Waals surface area (Å²) in [6.45, 7) is 1.58. The van der Waals surface area contributed by atoms with Gasteiger partial charge in [0.05, 0.1) is 29.7 Å². The number of nitrogens with zero attached hydrogens (tertiary/aromatic N) is 4. The highest BCUT2D eigenvalue weighted by Gasteiger charge is 2.30. The molecular formula is C22H26N6O3. The zero-order valence-electron chi connectivity index (χ0n) is 17.8. The molecule has 1 saturated heterocycles. The Hall–Kier alpha value is -3.46. The van der Waals surface area contributed by atoms with Crippen LogP contribution in [0.25, 0.3) is 22.6 Å². The first kappa shape index (κ1) is 20.8. The van der Waals surface area contributed by atoms with Crippen LogP contribution in [0.5, 0.6) is 5.75 Å². The van der Waals surface area contributed by atoms with Crippen LogP contribution >= 0.6 is 0 Å². The molecule has 31 heavy (non-hydrogen) atoms. The van der Waals surface area contributed by atoms with Gasteiger partial charge in [-0.15, -0.1) is 0 Å². The monoisotopic (exact) mass is 422 g/mol. The van der Waals surface area contributed by atoms with Gasteiger partial charge in [0, 0.05) is 38.4 Å². The molecule has 2 unspecified atom stereocenters. The van der Waals surface area contributed by atoms with Gasteiger partial charge in [0.1, 0.15) is 11.4 Å². The highest BCUT2D eigenvalue weighted by atomic mass is 16.5. The molecule has 2 atom stereocenters. The molecule has 2 amide bonds. The van der Waals surface area contributed by atoms with Crippen LogP contribution < -0.4 is 15.4 Å². The van der Waals surface area contributed by atoms with E-state index in [0.29, 0.717) is 16.8 Å². The average molecular weight is 422 g/mol. The second-order valence-electron chi connectivity index (χ2n) is 7.73. The molecule has 162 valence electrons. The maximum Gasteiger partial charge on any atom is 0.254 e. The Labute approximate surface area is 180 Å². The zero-order valence-corrected chi connectivity index (χ0v) is 17.8. The third-order valence-electron chi connectivity index (χ3n) is 5.66. The molecule has 4 rings (SSSR count). The Bertz CT molecular complexity index is 1100. The standard InChI is InChI=1S/C22H26N6O3/c1-23-22(30)16-9-18-19(10-20(16)31-3)28(21(26-18)17-6-4-5-7-24-17)15-8-14(25-13-29)11-27(2)12-15/h4-7,9-10,13-15H,8,11-12H2,1-3H3,(H,23,30)(H,25,29). The average Bonchev–Trinajstić information content (AvgIpc) is 3.16. The fourth-order valence-corrected chi connectivity index (χ4v) is 4.34. The van der Waals surface area contributed by atoms with Crippen LogP contribution in [-0.4, -0.2) is 72.1 Å². The van der Waals surface area contributed by atoms with Crippen molar-refractivity contribution in [1.29, 1.82) is 0 Å². The Morgan fingerprint density at radius 1 is 1.29 bits per heavy atom. The van der Waals surface area contributed by atoms with Crippen LogP contribution in [0.2, 0.25) is 0 Å². The van der Waals surface area contributed by atoms with Crippen molar-refractivity contribution in [3.8, 4) is 17.3 Å². The molecule has 1 fully saturated rings. The molecule has 3 aromatic rings. The van der Waals surface area contributed by atoms with Crippen LogP contribution in [0.1, 0.15) is 22.8 Å². The van der Waals surface area contributed by atoms with Crippen molar-refractivity contribution in [2.45, 2.75) is 18.5 Å². The van der Waals surface area contributed by atoms with Crippen molar-refractivity contribution < 1.29 is 14.3 Å². The number of ether oxygens (including phenoxy) is 1. The fourth-order valence-electron chi connectivity index (χ4n) is 4.34. The molecule has 9 heteroatoms. The number of nitrogens with one attached hydrogen (secondary N) is 2. The number of aromatic nitrogens is 3. The van der Waals surface area contributed by atoms with E-state index in [1.807, 2.05) is 31.3 Å². The molecule has 0 bridgehead atoms. The number of hydrogen-bond acceptors (Lipinski definition) is 6. The van der Waals surface area contributed by atoms with E-state index in [-0.39, 0.29) is 18.0 Å². The molecule has 1 aliphatic rings. The minimum atomic E-state index is -0.236. The van der Waals surface area contributed by atoms with Crippen molar-refractivity contribution >= 4 is 23.4 Å². The summed E-state index contributed by atoms with van der Waals surface area (Å²) in [4.78, 5) is 35.0. The van der Waals surface area contributed by atoms with E-state index in [9.17, 15) is 9.59 Å². The summed E-state index contributed by atoms with van der Waals surface area (Å²) < 4.78 is 7.68. The maximum absolute atomic E-state index is 12.4. The van der Waals surface area contributed by atoms with E-state index in [0.717, 1.165) is 43.0 Å². The predicted octanol–water partition coefficient (Wildman–Crippen LogP) is 1.46. The lowest BCUT2D eigenvalue weighted by Gasteiger charge is -2.36. The summed E-state index contributed by atoms with van der Waals surface area (Å²) in [5.74, 6) is 0.962. The van der Waals surface area contributed by atoms with Crippen molar-refractivity contribution in [3.63, 3.8) is 0 Å². The van der Waals surface area contributed by atoms with E-state index in [2.05, 4.69) is 25.1 Å². The van der Waals surface area contributed by atoms with Crippen LogP contribution in [0, 0.1) is 0 Å². The smallest absolute Gasteiger partial charge is 0.254 e. The number of amides is 2. The van der Waals surface area contributed by atoms with Crippen LogP contribution in [0.3, 0.4) is 0 Å². The van der Waals surface area contributed by atoms with Gasteiger partial charge in [0.15, 0.2) is 5.82 Å². The van der Waals surface area contributed by atoms with Crippen LogP contribution in [0.4, 0.5) is 0 Å². The third kappa shape index (κ3) is 3.96. The number of rotatable bonds is 6. The number of pyridine rings is 1. The second-order valence-corrected chi connectivity index (χ2v) is 7.73. The molecule has 2 aromatic heterocycles. The van der Waals surface area contributed by atoms with Gasteiger partial charge in [-0.05, 0) is 31.7 Å². The van der Waals surface area contributed by atoms with E-state index in [1.54, 1.807) is 26.4 Å². The molecule has 1 aliphatic heterocycles. The first-order valence-corrected chi connectivity index (χ1v) is 10.2. The Morgan fingerprint density at radius 2 is 2.13 bits per heavy atom. The van der Waals surface area contributed by atoms with Crippen LogP contribution in [0.15, 0.2) is 36.5 Å². The highest BCUT2D eigenvalue weighted by Crippen LogP contribution is 2.35. The van der Waals surface area contributed by atoms with Crippen molar-refractivity contribution in [3.05, 3.63) is 42.1 Å². The summed E-state index contributed by atoms with van der Waals surface area (Å²) in [6, 6.07) is 9.40. The van der Waals surface area contributed by atoms with Gasteiger partial charge < -0.3 is 24.8 Å². The number of hydrogen-bond donors (Lipinski definition) is 2. The topological polar surface area (TPSA) is 101 Å². The van der Waals surface area contributed by atoms with E-state index < -0.39 is 0 Å². The third-order valence-corrected chi connectivity index (χ3v) is 5.66. The fraction of sp³-hybridized carbons (Fsp3) is 0.364. The van der Waals surface area contributed by atoms with Gasteiger partial charge in [0.2, 0.25) is 6.41 Å². The molecule has 9 nitrogen and oxygen atoms in total. The molecule has 0 saturated carbocycles. The number of piperidine rings is 1. The number of imidazole rings is 1. The van der Waals surface area contributed by atoms with E-state index in [1.165, 1.54) is 0 Å². The second kappa shape index (κ2) is 8.73. The molecular weight excluding hydrogens is 396 g/mol.